The average Bonchev–Trinajstić information content (AvgIpc) is 3.71. The second-order valence-electron chi connectivity index (χ2n) is 15.2. The highest BCUT2D eigenvalue weighted by molar-refractivity contribution is 7.04. The third kappa shape index (κ3) is 2.65. The first-order valence-electron chi connectivity index (χ1n) is 17.2. The maximum absolute atomic E-state index is 6.77. The number of rotatable bonds is 0. The molecule has 1 aliphatic carbocycles. The van der Waals surface area contributed by atoms with Crippen LogP contribution in [0.5, 0.6) is 0 Å². The molecule has 5 heterocycles. The van der Waals surface area contributed by atoms with Crippen molar-refractivity contribution in [2.24, 2.45) is 0 Å². The van der Waals surface area contributed by atoms with Crippen molar-refractivity contribution in [3.05, 3.63) is 126 Å². The minimum absolute atomic E-state index is 0.00772. The Balaban J connectivity index is 1.35. The Bertz CT molecular complexity index is 2820. The third-order valence-electron chi connectivity index (χ3n) is 12.3. The highest BCUT2D eigenvalue weighted by Gasteiger charge is 2.51. The number of anilines is 3. The number of hydrogen-bond donors (Lipinski definition) is 0. The van der Waals surface area contributed by atoms with Crippen molar-refractivity contribution >= 4 is 86.3 Å². The van der Waals surface area contributed by atoms with Gasteiger partial charge in [0.2, 0.25) is 0 Å². The predicted octanol–water partition coefficient (Wildman–Crippen LogP) is 8.40. The Labute approximate surface area is 280 Å². The lowest BCUT2D eigenvalue weighted by molar-refractivity contribution is 0.660. The van der Waals surface area contributed by atoms with Gasteiger partial charge in [-0.1, -0.05) is 112 Å². The summed E-state index contributed by atoms with van der Waals surface area (Å²) < 4.78 is 9.44. The van der Waals surface area contributed by atoms with E-state index in [1.54, 1.807) is 0 Å². The van der Waals surface area contributed by atoms with E-state index in [0.717, 1.165) is 11.2 Å². The lowest BCUT2D eigenvalue weighted by Gasteiger charge is -2.48. The summed E-state index contributed by atoms with van der Waals surface area (Å²) in [6, 6.07) is 43.6. The van der Waals surface area contributed by atoms with Crippen LogP contribution >= 0.6 is 0 Å². The minimum Gasteiger partial charge on any atom is -0.454 e. The van der Waals surface area contributed by atoms with Gasteiger partial charge in [-0.2, -0.15) is 0 Å². The van der Waals surface area contributed by atoms with Crippen molar-refractivity contribution in [3.63, 3.8) is 0 Å². The molecule has 0 unspecified atom stereocenters. The van der Waals surface area contributed by atoms with Gasteiger partial charge in [-0.15, -0.1) is 0 Å². The molecule has 2 aromatic heterocycles. The van der Waals surface area contributed by atoms with Crippen LogP contribution in [0.25, 0.3) is 55.2 Å². The summed E-state index contributed by atoms with van der Waals surface area (Å²) >= 11 is 0. The lowest BCUT2D eigenvalue weighted by Crippen LogP contribution is -2.65. The van der Waals surface area contributed by atoms with E-state index in [0.29, 0.717) is 0 Å². The van der Waals surface area contributed by atoms with Crippen molar-refractivity contribution in [1.82, 2.24) is 4.48 Å². The van der Waals surface area contributed by atoms with Gasteiger partial charge in [0.1, 0.15) is 13.7 Å². The first kappa shape index (κ1) is 25.8. The Morgan fingerprint density at radius 3 is 2.29 bits per heavy atom. The van der Waals surface area contributed by atoms with Crippen LogP contribution in [0.3, 0.4) is 0 Å². The number of fused-ring (bicyclic) bond motifs is 15. The summed E-state index contributed by atoms with van der Waals surface area (Å²) in [6.07, 6.45) is 0. The van der Waals surface area contributed by atoms with E-state index in [4.69, 9.17) is 4.42 Å². The van der Waals surface area contributed by atoms with Crippen LogP contribution in [0, 0.1) is 0 Å². The number of nitrogens with zero attached hydrogens (tertiary/aromatic N) is 2. The molecule has 0 saturated heterocycles. The van der Waals surface area contributed by atoms with Gasteiger partial charge in [0.05, 0.1) is 5.52 Å². The first-order chi connectivity index (χ1) is 23.4. The van der Waals surface area contributed by atoms with Gasteiger partial charge in [-0.05, 0) is 79.4 Å². The molecule has 3 nitrogen and oxygen atoms in total. The van der Waals surface area contributed by atoms with E-state index < -0.39 is 8.07 Å². The number of aromatic nitrogens is 1. The zero-order chi connectivity index (χ0) is 31.8. The van der Waals surface area contributed by atoms with E-state index in [2.05, 4.69) is 152 Å². The molecule has 226 valence electrons. The molecule has 48 heavy (non-hydrogen) atoms. The molecule has 0 atom stereocenters. The molecule has 5 heteroatoms. The summed E-state index contributed by atoms with van der Waals surface area (Å²) in [5, 5.41) is 5.40. The van der Waals surface area contributed by atoms with E-state index in [-0.39, 0.29) is 12.3 Å². The molecular formula is C43H31BN2OSi. The maximum Gasteiger partial charge on any atom is 0.333 e. The van der Waals surface area contributed by atoms with Gasteiger partial charge in [-0.3, -0.25) is 0 Å². The van der Waals surface area contributed by atoms with Crippen LogP contribution in [-0.4, -0.2) is 19.4 Å². The van der Waals surface area contributed by atoms with Crippen LogP contribution in [0.2, 0.25) is 13.1 Å². The van der Waals surface area contributed by atoms with E-state index >= 15 is 0 Å². The average molecular weight is 631 g/mol. The van der Waals surface area contributed by atoms with Gasteiger partial charge < -0.3 is 13.8 Å². The molecule has 0 fully saturated rings. The SMILES string of the molecule is CC1(C)c2ccccc2-c2c1cc1c3c2-c2cccc4c5oc6ccccc6c5n(c24)B3c2cccc3c2N1c1ccccc1[Si]3(C)C. The van der Waals surface area contributed by atoms with Crippen molar-refractivity contribution < 1.29 is 4.42 Å². The summed E-state index contributed by atoms with van der Waals surface area (Å²) in [5.41, 5.74) is 19.5. The monoisotopic (exact) mass is 630 g/mol. The fraction of sp³-hybridized carbons (Fsp3) is 0.116. The number of furan rings is 1. The molecule has 0 amide bonds. The predicted molar refractivity (Wildman–Crippen MR) is 204 cm³/mol. The Kier molecular flexibility index (Phi) is 4.33. The van der Waals surface area contributed by atoms with Gasteiger partial charge in [-0.25, -0.2) is 0 Å². The normalized spacial score (nSPS) is 16.6. The summed E-state index contributed by atoms with van der Waals surface area (Å²) in [4.78, 5) is 2.66. The molecule has 8 aromatic rings. The van der Waals surface area contributed by atoms with Gasteiger partial charge in [0, 0.05) is 44.3 Å². The van der Waals surface area contributed by atoms with Crippen LogP contribution in [0.1, 0.15) is 25.0 Å². The summed E-state index contributed by atoms with van der Waals surface area (Å²) in [6.45, 7) is 9.92. The molecular weight excluding hydrogens is 599 g/mol. The quantitative estimate of drug-likeness (QED) is 0.157. The first-order valence-corrected chi connectivity index (χ1v) is 20.2. The van der Waals surface area contributed by atoms with Gasteiger partial charge >= 0.3 is 6.85 Å². The molecule has 12 rings (SSSR count). The highest BCUT2D eigenvalue weighted by atomic mass is 28.3. The summed E-state index contributed by atoms with van der Waals surface area (Å²) in [5.74, 6) is 0. The van der Waals surface area contributed by atoms with Crippen molar-refractivity contribution in [3.8, 4) is 22.3 Å². The standard InChI is InChI=1S/C43H31BN2OSi/c1-43(2)28-17-7-5-13-24(28)36-29(43)23-32-38-37(36)26-15-11-16-27-39(26)46(40-25-14-6-9-20-33(25)47-42(27)40)44(38)30-18-12-22-35-41(30)45(32)31-19-8-10-21-34(31)48(35,3)4/h5-23H,1-4H3. The van der Waals surface area contributed by atoms with Crippen LogP contribution < -0.4 is 26.2 Å². The second kappa shape index (κ2) is 8.06. The van der Waals surface area contributed by atoms with Crippen LogP contribution in [0.15, 0.2) is 120 Å². The molecule has 0 saturated carbocycles. The van der Waals surface area contributed by atoms with Crippen molar-refractivity contribution in [1.29, 1.82) is 0 Å². The van der Waals surface area contributed by atoms with Gasteiger partial charge in [0.25, 0.3) is 0 Å². The van der Waals surface area contributed by atoms with Crippen LogP contribution in [0.4, 0.5) is 17.1 Å². The zero-order valence-electron chi connectivity index (χ0n) is 27.3. The second-order valence-corrected chi connectivity index (χ2v) is 19.6. The summed E-state index contributed by atoms with van der Waals surface area (Å²) in [7, 11) is -2.02. The van der Waals surface area contributed by atoms with Crippen LogP contribution in [-0.2, 0) is 5.41 Å². The molecule has 6 aromatic carbocycles. The lowest BCUT2D eigenvalue weighted by atomic mass is 9.44. The molecule has 0 N–H and O–H groups in total. The van der Waals surface area contributed by atoms with E-state index in [9.17, 15) is 0 Å². The van der Waals surface area contributed by atoms with E-state index in [1.807, 2.05) is 0 Å². The zero-order valence-corrected chi connectivity index (χ0v) is 28.3. The van der Waals surface area contributed by atoms with Crippen molar-refractivity contribution in [2.75, 3.05) is 4.90 Å². The maximum atomic E-state index is 6.77. The number of para-hydroxylation sites is 4. The fourth-order valence-electron chi connectivity index (χ4n) is 10.3. The molecule has 0 spiro atoms. The fourth-order valence-corrected chi connectivity index (χ4v) is 13.3. The number of hydrogen-bond acceptors (Lipinski definition) is 2. The Morgan fingerprint density at radius 1 is 0.646 bits per heavy atom. The number of benzene rings is 6. The highest BCUT2D eigenvalue weighted by Crippen LogP contribution is 2.57. The molecule has 0 radical (unpaired) electrons. The Hall–Kier alpha value is -5.26. The van der Waals surface area contributed by atoms with Gasteiger partial charge in [0.15, 0.2) is 5.58 Å². The minimum atomic E-state index is -2.02. The molecule has 0 bridgehead atoms. The van der Waals surface area contributed by atoms with E-state index in [1.165, 1.54) is 93.5 Å². The third-order valence-corrected chi connectivity index (χ3v) is 15.9. The topological polar surface area (TPSA) is 21.3 Å². The smallest absolute Gasteiger partial charge is 0.333 e. The molecule has 3 aliphatic heterocycles. The van der Waals surface area contributed by atoms with Crippen molar-refractivity contribution in [2.45, 2.75) is 32.4 Å². The Morgan fingerprint density at radius 2 is 1.38 bits per heavy atom. The molecule has 4 aliphatic rings. The largest absolute Gasteiger partial charge is 0.454 e.